The van der Waals surface area contributed by atoms with Crippen LogP contribution in [0.3, 0.4) is 0 Å². The summed E-state index contributed by atoms with van der Waals surface area (Å²) in [6, 6.07) is 1.42. The first-order chi connectivity index (χ1) is 6.65. The molecule has 0 bridgehead atoms. The van der Waals surface area contributed by atoms with E-state index < -0.39 is 0 Å². The molecule has 0 spiro atoms. The fourth-order valence-electron chi connectivity index (χ4n) is 1.73. The van der Waals surface area contributed by atoms with Crippen LogP contribution < -0.4 is 5.32 Å². The lowest BCUT2D eigenvalue weighted by molar-refractivity contribution is 0.227. The Balaban J connectivity index is 3.56. The highest BCUT2D eigenvalue weighted by molar-refractivity contribution is 4.67. The van der Waals surface area contributed by atoms with Crippen LogP contribution in [0.2, 0.25) is 0 Å². The normalized spacial score (nSPS) is 13.9. The van der Waals surface area contributed by atoms with Gasteiger partial charge in [-0.2, -0.15) is 0 Å². The maximum atomic E-state index is 3.52. The number of nitrogens with zero attached hydrogens (tertiary/aromatic N) is 1. The third-order valence-electron chi connectivity index (χ3n) is 3.14. The van der Waals surface area contributed by atoms with Gasteiger partial charge in [-0.1, -0.05) is 20.8 Å². The molecule has 0 aliphatic carbocycles. The van der Waals surface area contributed by atoms with Crippen molar-refractivity contribution in [2.75, 3.05) is 20.1 Å². The topological polar surface area (TPSA) is 15.3 Å². The van der Waals surface area contributed by atoms with Crippen molar-refractivity contribution in [1.29, 1.82) is 0 Å². The van der Waals surface area contributed by atoms with Crippen molar-refractivity contribution in [2.45, 2.75) is 59.0 Å². The molecule has 0 aliphatic rings. The van der Waals surface area contributed by atoms with Crippen molar-refractivity contribution in [3.8, 4) is 0 Å². The van der Waals surface area contributed by atoms with E-state index in [2.05, 4.69) is 45.0 Å². The van der Waals surface area contributed by atoms with E-state index in [0.717, 1.165) is 19.1 Å². The molecule has 1 unspecified atom stereocenters. The van der Waals surface area contributed by atoms with E-state index >= 15 is 0 Å². The molecule has 0 rings (SSSR count). The Bertz CT molecular complexity index is 121. The van der Waals surface area contributed by atoms with E-state index in [1.54, 1.807) is 0 Å². The van der Waals surface area contributed by atoms with Gasteiger partial charge in [-0.15, -0.1) is 0 Å². The Labute approximate surface area is 90.1 Å². The highest BCUT2D eigenvalue weighted by Crippen LogP contribution is 2.04. The molecule has 0 aromatic carbocycles. The summed E-state index contributed by atoms with van der Waals surface area (Å²) in [5.41, 5.74) is 0. The van der Waals surface area contributed by atoms with Gasteiger partial charge in [-0.25, -0.2) is 0 Å². The summed E-state index contributed by atoms with van der Waals surface area (Å²) in [6.45, 7) is 11.3. The van der Waals surface area contributed by atoms with Crippen LogP contribution in [0.4, 0.5) is 0 Å². The Morgan fingerprint density at radius 2 is 1.64 bits per heavy atom. The molecule has 0 fully saturated rings. The van der Waals surface area contributed by atoms with Crippen LogP contribution >= 0.6 is 0 Å². The van der Waals surface area contributed by atoms with Gasteiger partial charge in [0.05, 0.1) is 0 Å². The molecular formula is C12H28N2. The second-order valence-corrected chi connectivity index (χ2v) is 4.21. The summed E-state index contributed by atoms with van der Waals surface area (Å²) in [6.07, 6.45) is 3.74. The van der Waals surface area contributed by atoms with Crippen molar-refractivity contribution in [3.63, 3.8) is 0 Å². The zero-order valence-corrected chi connectivity index (χ0v) is 10.6. The number of hydrogen-bond acceptors (Lipinski definition) is 2. The van der Waals surface area contributed by atoms with Gasteiger partial charge < -0.3 is 10.2 Å². The molecule has 2 heteroatoms. The first-order valence-corrected chi connectivity index (χ1v) is 6.09. The molecule has 2 nitrogen and oxygen atoms in total. The third-order valence-corrected chi connectivity index (χ3v) is 3.14. The average Bonchev–Trinajstić information content (AvgIpc) is 2.19. The van der Waals surface area contributed by atoms with Gasteiger partial charge in [0.25, 0.3) is 0 Å². The van der Waals surface area contributed by atoms with Crippen LogP contribution in [0.15, 0.2) is 0 Å². The molecule has 1 N–H and O–H groups in total. The van der Waals surface area contributed by atoms with Crippen LogP contribution in [0.5, 0.6) is 0 Å². The summed E-state index contributed by atoms with van der Waals surface area (Å²) in [4.78, 5) is 2.47. The summed E-state index contributed by atoms with van der Waals surface area (Å²) in [5.74, 6) is 0. The highest BCUT2D eigenvalue weighted by Gasteiger charge is 2.09. The summed E-state index contributed by atoms with van der Waals surface area (Å²) >= 11 is 0. The standard InChI is InChI=1S/C12H28N2/c1-6-11(4)13-9-10-14(5)12(7-2)8-3/h11-13H,6-10H2,1-5H3. The molecule has 86 valence electrons. The second kappa shape index (κ2) is 8.25. The monoisotopic (exact) mass is 200 g/mol. The molecule has 0 aromatic rings. The number of likely N-dealkylation sites (N-methyl/N-ethyl adjacent to an activating group) is 1. The average molecular weight is 200 g/mol. The van der Waals surface area contributed by atoms with Gasteiger partial charge >= 0.3 is 0 Å². The smallest absolute Gasteiger partial charge is 0.0107 e. The van der Waals surface area contributed by atoms with E-state index in [0.29, 0.717) is 6.04 Å². The fraction of sp³-hybridized carbons (Fsp3) is 1.00. The number of rotatable bonds is 8. The van der Waals surface area contributed by atoms with Gasteiger partial charge in [0.2, 0.25) is 0 Å². The van der Waals surface area contributed by atoms with Crippen LogP contribution in [-0.4, -0.2) is 37.1 Å². The van der Waals surface area contributed by atoms with Crippen molar-refractivity contribution in [1.82, 2.24) is 10.2 Å². The Hall–Kier alpha value is -0.0800. The van der Waals surface area contributed by atoms with Gasteiger partial charge in [0.15, 0.2) is 0 Å². The Kier molecular flexibility index (Phi) is 8.20. The van der Waals surface area contributed by atoms with E-state index in [1.807, 2.05) is 0 Å². The minimum atomic E-state index is 0.658. The lowest BCUT2D eigenvalue weighted by Gasteiger charge is -2.26. The lowest BCUT2D eigenvalue weighted by Crippen LogP contribution is -2.38. The molecule has 14 heavy (non-hydrogen) atoms. The molecule has 0 saturated heterocycles. The maximum absolute atomic E-state index is 3.52. The van der Waals surface area contributed by atoms with Crippen LogP contribution in [-0.2, 0) is 0 Å². The largest absolute Gasteiger partial charge is 0.313 e. The molecule has 1 atom stereocenters. The van der Waals surface area contributed by atoms with Gasteiger partial charge in [-0.05, 0) is 33.2 Å². The van der Waals surface area contributed by atoms with Crippen molar-refractivity contribution in [2.24, 2.45) is 0 Å². The lowest BCUT2D eigenvalue weighted by atomic mass is 10.1. The summed E-state index contributed by atoms with van der Waals surface area (Å²) < 4.78 is 0. The molecule has 0 aliphatic heterocycles. The maximum Gasteiger partial charge on any atom is 0.0107 e. The van der Waals surface area contributed by atoms with Crippen LogP contribution in [0, 0.1) is 0 Å². The highest BCUT2D eigenvalue weighted by atomic mass is 15.1. The predicted molar refractivity (Wildman–Crippen MR) is 64.8 cm³/mol. The zero-order valence-electron chi connectivity index (χ0n) is 10.6. The predicted octanol–water partition coefficient (Wildman–Crippen LogP) is 2.49. The fourth-order valence-corrected chi connectivity index (χ4v) is 1.73. The molecule has 0 heterocycles. The minimum absolute atomic E-state index is 0.658. The van der Waals surface area contributed by atoms with E-state index in [-0.39, 0.29) is 0 Å². The molecule has 0 aromatic heterocycles. The van der Waals surface area contributed by atoms with Crippen LogP contribution in [0.1, 0.15) is 47.0 Å². The van der Waals surface area contributed by atoms with Crippen molar-refractivity contribution < 1.29 is 0 Å². The SMILES string of the molecule is CCC(C)NCCN(C)C(CC)CC. The first-order valence-electron chi connectivity index (χ1n) is 6.09. The van der Waals surface area contributed by atoms with E-state index in [9.17, 15) is 0 Å². The molecule has 0 radical (unpaired) electrons. The van der Waals surface area contributed by atoms with Crippen molar-refractivity contribution >= 4 is 0 Å². The molecule has 0 saturated carbocycles. The first kappa shape index (κ1) is 13.9. The summed E-state index contributed by atoms with van der Waals surface area (Å²) in [7, 11) is 2.23. The third kappa shape index (κ3) is 5.61. The van der Waals surface area contributed by atoms with Crippen LogP contribution in [0.25, 0.3) is 0 Å². The van der Waals surface area contributed by atoms with E-state index in [4.69, 9.17) is 0 Å². The van der Waals surface area contributed by atoms with Gasteiger partial charge in [-0.3, -0.25) is 0 Å². The minimum Gasteiger partial charge on any atom is -0.313 e. The second-order valence-electron chi connectivity index (χ2n) is 4.21. The molecular weight excluding hydrogens is 172 g/mol. The Morgan fingerprint density at radius 1 is 1.07 bits per heavy atom. The zero-order chi connectivity index (χ0) is 11.0. The Morgan fingerprint density at radius 3 is 2.07 bits per heavy atom. The molecule has 0 amide bonds. The number of hydrogen-bond donors (Lipinski definition) is 1. The summed E-state index contributed by atoms with van der Waals surface area (Å²) in [5, 5.41) is 3.52. The van der Waals surface area contributed by atoms with Crippen molar-refractivity contribution in [3.05, 3.63) is 0 Å². The number of nitrogens with one attached hydrogen (secondary N) is 1. The van der Waals surface area contributed by atoms with Gasteiger partial charge in [0, 0.05) is 25.2 Å². The van der Waals surface area contributed by atoms with E-state index in [1.165, 1.54) is 19.3 Å². The van der Waals surface area contributed by atoms with Gasteiger partial charge in [0.1, 0.15) is 0 Å². The quantitative estimate of drug-likeness (QED) is 0.647.